The van der Waals surface area contributed by atoms with Gasteiger partial charge >= 0.3 is 0 Å². The molecule has 0 atom stereocenters. The minimum absolute atomic E-state index is 0.195. The summed E-state index contributed by atoms with van der Waals surface area (Å²) >= 11 is 0. The SMILES string of the molecule is COc1ccc(NCc2ccc3c(c2)OCO3)n2nc(N)nc12. The van der Waals surface area contributed by atoms with Gasteiger partial charge in [0.2, 0.25) is 18.4 Å². The Morgan fingerprint density at radius 3 is 3.00 bits per heavy atom. The number of methoxy groups -OCH3 is 1. The molecule has 0 radical (unpaired) electrons. The number of hydrogen-bond donors (Lipinski definition) is 2. The second-order valence-electron chi connectivity index (χ2n) is 5.03. The molecule has 3 heterocycles. The minimum Gasteiger partial charge on any atom is -0.493 e. The van der Waals surface area contributed by atoms with Crippen LogP contribution in [0.25, 0.3) is 5.65 Å². The van der Waals surface area contributed by atoms with E-state index in [1.165, 1.54) is 0 Å². The third kappa shape index (κ3) is 2.33. The van der Waals surface area contributed by atoms with E-state index in [1.54, 1.807) is 11.6 Å². The topological polar surface area (TPSA) is 95.9 Å². The summed E-state index contributed by atoms with van der Waals surface area (Å²) in [6.45, 7) is 0.862. The summed E-state index contributed by atoms with van der Waals surface area (Å²) in [4.78, 5) is 4.17. The number of nitrogens with one attached hydrogen (secondary N) is 1. The Bertz CT molecular complexity index is 877. The molecule has 0 aliphatic carbocycles. The highest BCUT2D eigenvalue weighted by Gasteiger charge is 2.14. The van der Waals surface area contributed by atoms with E-state index < -0.39 is 0 Å². The van der Waals surface area contributed by atoms with Gasteiger partial charge in [0.25, 0.3) is 0 Å². The fourth-order valence-corrected chi connectivity index (χ4v) is 2.49. The zero-order valence-corrected chi connectivity index (χ0v) is 12.4. The number of hydrogen-bond acceptors (Lipinski definition) is 7. The molecule has 4 rings (SSSR count). The summed E-state index contributed by atoms with van der Waals surface area (Å²) in [5.41, 5.74) is 7.33. The number of rotatable bonds is 4. The molecule has 23 heavy (non-hydrogen) atoms. The average molecular weight is 313 g/mol. The third-order valence-corrected chi connectivity index (χ3v) is 3.60. The fraction of sp³-hybridized carbons (Fsp3) is 0.200. The molecule has 3 aromatic rings. The molecule has 1 aromatic carbocycles. The lowest BCUT2D eigenvalue weighted by atomic mass is 10.2. The predicted octanol–water partition coefficient (Wildman–Crippen LogP) is 1.66. The van der Waals surface area contributed by atoms with Crippen molar-refractivity contribution < 1.29 is 14.2 Å². The van der Waals surface area contributed by atoms with Crippen LogP contribution in [0, 0.1) is 0 Å². The van der Waals surface area contributed by atoms with Gasteiger partial charge < -0.3 is 25.3 Å². The van der Waals surface area contributed by atoms with Crippen LogP contribution in [0.5, 0.6) is 17.2 Å². The van der Waals surface area contributed by atoms with Crippen molar-refractivity contribution in [3.05, 3.63) is 35.9 Å². The van der Waals surface area contributed by atoms with E-state index >= 15 is 0 Å². The van der Waals surface area contributed by atoms with Crippen LogP contribution in [0.2, 0.25) is 0 Å². The molecule has 1 aliphatic heterocycles. The fourth-order valence-electron chi connectivity index (χ4n) is 2.49. The molecular weight excluding hydrogens is 298 g/mol. The highest BCUT2D eigenvalue weighted by molar-refractivity contribution is 5.61. The summed E-state index contributed by atoms with van der Waals surface area (Å²) < 4.78 is 17.6. The van der Waals surface area contributed by atoms with Crippen molar-refractivity contribution in [3.63, 3.8) is 0 Å². The minimum atomic E-state index is 0.195. The number of anilines is 2. The quantitative estimate of drug-likeness (QED) is 0.756. The average Bonchev–Trinajstić information content (AvgIpc) is 3.17. The van der Waals surface area contributed by atoms with Crippen molar-refractivity contribution in [2.75, 3.05) is 25.0 Å². The van der Waals surface area contributed by atoms with E-state index in [0.29, 0.717) is 17.9 Å². The van der Waals surface area contributed by atoms with Gasteiger partial charge in [-0.15, -0.1) is 5.10 Å². The highest BCUT2D eigenvalue weighted by Crippen LogP contribution is 2.32. The Balaban J connectivity index is 1.61. The second kappa shape index (κ2) is 5.24. The molecule has 3 N–H and O–H groups in total. The van der Waals surface area contributed by atoms with Crippen LogP contribution in [0.4, 0.5) is 11.8 Å². The Morgan fingerprint density at radius 2 is 2.13 bits per heavy atom. The van der Waals surface area contributed by atoms with Gasteiger partial charge in [0, 0.05) is 6.54 Å². The molecule has 8 heteroatoms. The first kappa shape index (κ1) is 13.5. The molecule has 0 bridgehead atoms. The molecule has 8 nitrogen and oxygen atoms in total. The maximum absolute atomic E-state index is 5.69. The van der Waals surface area contributed by atoms with Crippen LogP contribution in [-0.2, 0) is 6.54 Å². The first-order valence-electron chi connectivity index (χ1n) is 7.06. The van der Waals surface area contributed by atoms with Crippen LogP contribution in [0.1, 0.15) is 5.56 Å². The van der Waals surface area contributed by atoms with Gasteiger partial charge in [-0.25, -0.2) is 0 Å². The number of nitrogens with two attached hydrogens (primary N) is 1. The predicted molar refractivity (Wildman–Crippen MR) is 83.8 cm³/mol. The van der Waals surface area contributed by atoms with Gasteiger partial charge in [0.15, 0.2) is 17.2 Å². The van der Waals surface area contributed by atoms with Gasteiger partial charge in [-0.05, 0) is 29.8 Å². The highest BCUT2D eigenvalue weighted by atomic mass is 16.7. The zero-order valence-electron chi connectivity index (χ0n) is 12.4. The second-order valence-corrected chi connectivity index (χ2v) is 5.03. The van der Waals surface area contributed by atoms with Gasteiger partial charge in [0.05, 0.1) is 7.11 Å². The molecule has 0 amide bonds. The van der Waals surface area contributed by atoms with Crippen molar-refractivity contribution >= 4 is 17.4 Å². The number of nitrogens with zero attached hydrogens (tertiary/aromatic N) is 3. The molecule has 0 saturated carbocycles. The molecule has 118 valence electrons. The third-order valence-electron chi connectivity index (χ3n) is 3.60. The number of nitrogen functional groups attached to an aromatic ring is 1. The van der Waals surface area contributed by atoms with E-state index in [2.05, 4.69) is 15.4 Å². The lowest BCUT2D eigenvalue weighted by Gasteiger charge is -2.10. The van der Waals surface area contributed by atoms with Crippen LogP contribution in [0.15, 0.2) is 30.3 Å². The Labute approximate surface area is 131 Å². The Morgan fingerprint density at radius 1 is 1.26 bits per heavy atom. The zero-order chi connectivity index (χ0) is 15.8. The van der Waals surface area contributed by atoms with Crippen LogP contribution in [-0.4, -0.2) is 28.5 Å². The molecule has 2 aromatic heterocycles. The molecular formula is C15H15N5O3. The van der Waals surface area contributed by atoms with Gasteiger partial charge in [-0.1, -0.05) is 6.07 Å². The van der Waals surface area contributed by atoms with E-state index in [1.807, 2.05) is 30.3 Å². The van der Waals surface area contributed by atoms with Crippen LogP contribution < -0.4 is 25.3 Å². The van der Waals surface area contributed by atoms with Gasteiger partial charge in [-0.2, -0.15) is 9.50 Å². The van der Waals surface area contributed by atoms with Crippen molar-refractivity contribution in [1.82, 2.24) is 14.6 Å². The first-order valence-corrected chi connectivity index (χ1v) is 7.06. The van der Waals surface area contributed by atoms with Crippen LogP contribution in [0.3, 0.4) is 0 Å². The lowest BCUT2D eigenvalue weighted by molar-refractivity contribution is 0.174. The van der Waals surface area contributed by atoms with Crippen LogP contribution >= 0.6 is 0 Å². The summed E-state index contributed by atoms with van der Waals surface area (Å²) in [5.74, 6) is 3.10. The molecule has 0 unspecified atom stereocenters. The number of aromatic nitrogens is 3. The summed E-state index contributed by atoms with van der Waals surface area (Å²) in [5, 5.41) is 7.50. The standard InChI is InChI=1S/C15H15N5O3/c1-21-11-4-5-13(20-14(11)18-15(16)19-20)17-7-9-2-3-10-12(6-9)23-8-22-10/h2-6,17H,7-8H2,1H3,(H2,16,19). The summed E-state index contributed by atoms with van der Waals surface area (Å²) in [6, 6.07) is 9.53. The molecule has 0 fully saturated rings. The van der Waals surface area contributed by atoms with Crippen molar-refractivity contribution in [2.45, 2.75) is 6.54 Å². The Hall–Kier alpha value is -3.16. The maximum atomic E-state index is 5.69. The van der Waals surface area contributed by atoms with Gasteiger partial charge in [0.1, 0.15) is 5.82 Å². The van der Waals surface area contributed by atoms with E-state index in [-0.39, 0.29) is 12.7 Å². The monoisotopic (exact) mass is 313 g/mol. The maximum Gasteiger partial charge on any atom is 0.240 e. The van der Waals surface area contributed by atoms with Crippen molar-refractivity contribution in [2.24, 2.45) is 0 Å². The van der Waals surface area contributed by atoms with E-state index in [4.69, 9.17) is 19.9 Å². The van der Waals surface area contributed by atoms with Gasteiger partial charge in [-0.3, -0.25) is 0 Å². The lowest BCUT2D eigenvalue weighted by Crippen LogP contribution is -2.06. The number of benzene rings is 1. The van der Waals surface area contributed by atoms with E-state index in [9.17, 15) is 0 Å². The smallest absolute Gasteiger partial charge is 0.240 e. The molecule has 1 aliphatic rings. The van der Waals surface area contributed by atoms with Crippen molar-refractivity contribution in [3.8, 4) is 17.2 Å². The van der Waals surface area contributed by atoms with E-state index in [0.717, 1.165) is 22.9 Å². The largest absolute Gasteiger partial charge is 0.493 e. The molecule has 0 saturated heterocycles. The Kier molecular flexibility index (Phi) is 3.07. The normalized spacial score (nSPS) is 12.6. The summed E-state index contributed by atoms with van der Waals surface area (Å²) in [6.07, 6.45) is 0. The summed E-state index contributed by atoms with van der Waals surface area (Å²) in [7, 11) is 1.58. The number of pyridine rings is 1. The number of fused-ring (bicyclic) bond motifs is 2. The first-order chi connectivity index (χ1) is 11.2. The van der Waals surface area contributed by atoms with Crippen molar-refractivity contribution in [1.29, 1.82) is 0 Å². The molecule has 0 spiro atoms. The number of ether oxygens (including phenoxy) is 3.